The van der Waals surface area contributed by atoms with Crippen LogP contribution in [-0.4, -0.2) is 72.5 Å². The largest absolute Gasteiger partial charge is 0.336 e. The molecule has 2 rings (SSSR count). The first-order chi connectivity index (χ1) is 7.61. The van der Waals surface area contributed by atoms with Gasteiger partial charge < -0.3 is 9.80 Å². The maximum Gasteiger partial charge on any atom is 0.246 e. The van der Waals surface area contributed by atoms with Crippen LogP contribution >= 0.6 is 0 Å². The Hall–Kier alpha value is -0.870. The fraction of sp³-hybridized carbons (Fsp3) is 0.750. The Morgan fingerprint density at radius 2 is 2.00 bits per heavy atom. The predicted octanol–water partition coefficient (Wildman–Crippen LogP) is 0.0191. The number of piperazine rings is 1. The van der Waals surface area contributed by atoms with E-state index in [1.54, 1.807) is 0 Å². The van der Waals surface area contributed by atoms with Crippen LogP contribution in [0.2, 0.25) is 0 Å². The monoisotopic (exact) mass is 223 g/mol. The molecule has 2 saturated heterocycles. The third kappa shape index (κ3) is 2.13. The summed E-state index contributed by atoms with van der Waals surface area (Å²) in [7, 11) is 2.17. The molecule has 0 saturated carbocycles. The highest BCUT2D eigenvalue weighted by Gasteiger charge is 2.37. The maximum atomic E-state index is 11.3. The standard InChI is InChI=1S/C12H21N3O/c1-4-12(16)14-8-11(9-14)15-6-5-13(3)7-10(15)2/h4,10-11H,1,5-9H2,2-3H3/t10-/m1/s1. The fourth-order valence-electron chi connectivity index (χ4n) is 2.67. The summed E-state index contributed by atoms with van der Waals surface area (Å²) >= 11 is 0. The number of nitrogens with zero attached hydrogens (tertiary/aromatic N) is 3. The molecule has 0 bridgehead atoms. The molecule has 0 aliphatic carbocycles. The van der Waals surface area contributed by atoms with Gasteiger partial charge in [0.05, 0.1) is 0 Å². The van der Waals surface area contributed by atoms with E-state index in [-0.39, 0.29) is 5.91 Å². The topological polar surface area (TPSA) is 26.8 Å². The molecule has 0 radical (unpaired) electrons. The molecule has 2 aliphatic heterocycles. The van der Waals surface area contributed by atoms with Crippen LogP contribution < -0.4 is 0 Å². The van der Waals surface area contributed by atoms with Crippen LogP contribution in [0.25, 0.3) is 0 Å². The van der Waals surface area contributed by atoms with E-state index < -0.39 is 0 Å². The van der Waals surface area contributed by atoms with Gasteiger partial charge in [-0.15, -0.1) is 0 Å². The molecule has 4 heteroatoms. The normalized spacial score (nSPS) is 28.9. The van der Waals surface area contributed by atoms with E-state index in [4.69, 9.17) is 0 Å². The number of likely N-dealkylation sites (N-methyl/N-ethyl adjacent to an activating group) is 1. The third-order valence-corrected chi connectivity index (χ3v) is 3.70. The molecule has 90 valence electrons. The van der Waals surface area contributed by atoms with Crippen molar-refractivity contribution in [2.45, 2.75) is 19.0 Å². The molecule has 1 amide bonds. The lowest BCUT2D eigenvalue weighted by Crippen LogP contribution is -2.66. The van der Waals surface area contributed by atoms with Gasteiger partial charge in [-0.1, -0.05) is 6.58 Å². The van der Waals surface area contributed by atoms with Crippen molar-refractivity contribution in [3.8, 4) is 0 Å². The smallest absolute Gasteiger partial charge is 0.246 e. The molecule has 16 heavy (non-hydrogen) atoms. The first-order valence-corrected chi connectivity index (χ1v) is 5.97. The van der Waals surface area contributed by atoms with Crippen LogP contribution in [-0.2, 0) is 4.79 Å². The summed E-state index contributed by atoms with van der Waals surface area (Å²) < 4.78 is 0. The molecule has 0 unspecified atom stereocenters. The van der Waals surface area contributed by atoms with E-state index >= 15 is 0 Å². The average Bonchev–Trinajstić information content (AvgIpc) is 2.18. The minimum absolute atomic E-state index is 0.0676. The minimum atomic E-state index is 0.0676. The molecule has 4 nitrogen and oxygen atoms in total. The van der Waals surface area contributed by atoms with Gasteiger partial charge in [-0.05, 0) is 20.0 Å². The molecule has 0 aromatic rings. The molecule has 1 atom stereocenters. The Morgan fingerprint density at radius 1 is 1.31 bits per heavy atom. The number of hydrogen-bond acceptors (Lipinski definition) is 3. The van der Waals surface area contributed by atoms with Crippen molar-refractivity contribution in [3.05, 3.63) is 12.7 Å². The molecule has 2 aliphatic rings. The number of amides is 1. The fourth-order valence-corrected chi connectivity index (χ4v) is 2.67. The van der Waals surface area contributed by atoms with E-state index in [1.165, 1.54) is 6.08 Å². The summed E-state index contributed by atoms with van der Waals surface area (Å²) in [6.45, 7) is 10.9. The van der Waals surface area contributed by atoms with Gasteiger partial charge in [0, 0.05) is 44.8 Å². The van der Waals surface area contributed by atoms with Crippen LogP contribution in [0.5, 0.6) is 0 Å². The van der Waals surface area contributed by atoms with Crippen molar-refractivity contribution < 1.29 is 4.79 Å². The van der Waals surface area contributed by atoms with Gasteiger partial charge in [-0.2, -0.15) is 0 Å². The van der Waals surface area contributed by atoms with Crippen LogP contribution in [0.4, 0.5) is 0 Å². The number of rotatable bonds is 2. The Bertz CT molecular complexity index is 286. The minimum Gasteiger partial charge on any atom is -0.336 e. The second kappa shape index (κ2) is 4.55. The maximum absolute atomic E-state index is 11.3. The van der Waals surface area contributed by atoms with Crippen molar-refractivity contribution in [1.82, 2.24) is 14.7 Å². The highest BCUT2D eigenvalue weighted by Crippen LogP contribution is 2.20. The second-order valence-corrected chi connectivity index (χ2v) is 4.95. The van der Waals surface area contributed by atoms with Crippen molar-refractivity contribution in [1.29, 1.82) is 0 Å². The van der Waals surface area contributed by atoms with E-state index in [2.05, 4.69) is 30.4 Å². The highest BCUT2D eigenvalue weighted by molar-refractivity contribution is 5.87. The predicted molar refractivity (Wildman–Crippen MR) is 64.2 cm³/mol. The lowest BCUT2D eigenvalue weighted by Gasteiger charge is -2.50. The van der Waals surface area contributed by atoms with E-state index in [0.29, 0.717) is 12.1 Å². The SMILES string of the molecule is C=CC(=O)N1CC(N2CCN(C)C[C@H]2C)C1. The quantitative estimate of drug-likeness (QED) is 0.618. The molecular weight excluding hydrogens is 202 g/mol. The summed E-state index contributed by atoms with van der Waals surface area (Å²) in [4.78, 5) is 18.1. The van der Waals surface area contributed by atoms with Crippen molar-refractivity contribution in [2.24, 2.45) is 0 Å². The van der Waals surface area contributed by atoms with Crippen LogP contribution in [0, 0.1) is 0 Å². The molecule has 0 aromatic carbocycles. The Kier molecular flexibility index (Phi) is 3.30. The van der Waals surface area contributed by atoms with Crippen molar-refractivity contribution >= 4 is 5.91 Å². The number of carbonyl (C=O) groups excluding carboxylic acids is 1. The van der Waals surface area contributed by atoms with Gasteiger partial charge in [0.2, 0.25) is 5.91 Å². The molecule has 0 aromatic heterocycles. The van der Waals surface area contributed by atoms with E-state index in [1.807, 2.05) is 4.90 Å². The van der Waals surface area contributed by atoms with Crippen LogP contribution in [0.3, 0.4) is 0 Å². The zero-order valence-corrected chi connectivity index (χ0v) is 10.2. The zero-order chi connectivity index (χ0) is 11.7. The van der Waals surface area contributed by atoms with E-state index in [0.717, 1.165) is 32.7 Å². The molecule has 0 N–H and O–H groups in total. The third-order valence-electron chi connectivity index (χ3n) is 3.70. The molecule has 2 fully saturated rings. The lowest BCUT2D eigenvalue weighted by atomic mass is 10.0. The summed E-state index contributed by atoms with van der Waals surface area (Å²) in [5.41, 5.74) is 0. The van der Waals surface area contributed by atoms with Crippen molar-refractivity contribution in [3.63, 3.8) is 0 Å². The van der Waals surface area contributed by atoms with Gasteiger partial charge in [0.25, 0.3) is 0 Å². The van der Waals surface area contributed by atoms with Crippen molar-refractivity contribution in [2.75, 3.05) is 39.8 Å². The van der Waals surface area contributed by atoms with Gasteiger partial charge in [-0.3, -0.25) is 9.69 Å². The van der Waals surface area contributed by atoms with Gasteiger partial charge in [-0.25, -0.2) is 0 Å². The van der Waals surface area contributed by atoms with E-state index in [9.17, 15) is 4.79 Å². The molecule has 2 heterocycles. The van der Waals surface area contributed by atoms with Crippen LogP contribution in [0.1, 0.15) is 6.92 Å². The summed E-state index contributed by atoms with van der Waals surface area (Å²) in [5.74, 6) is 0.0676. The average molecular weight is 223 g/mol. The zero-order valence-electron chi connectivity index (χ0n) is 10.2. The summed E-state index contributed by atoms with van der Waals surface area (Å²) in [6, 6.07) is 1.16. The highest BCUT2D eigenvalue weighted by atomic mass is 16.2. The van der Waals surface area contributed by atoms with Gasteiger partial charge >= 0.3 is 0 Å². The Labute approximate surface area is 97.5 Å². The van der Waals surface area contributed by atoms with Gasteiger partial charge in [0.1, 0.15) is 0 Å². The number of hydrogen-bond donors (Lipinski definition) is 0. The van der Waals surface area contributed by atoms with Crippen LogP contribution in [0.15, 0.2) is 12.7 Å². The number of likely N-dealkylation sites (tertiary alicyclic amines) is 1. The Balaban J connectivity index is 1.83. The summed E-state index contributed by atoms with van der Waals surface area (Å²) in [5, 5.41) is 0. The first kappa shape index (κ1) is 11.6. The first-order valence-electron chi connectivity index (χ1n) is 5.97. The summed E-state index contributed by atoms with van der Waals surface area (Å²) in [6.07, 6.45) is 1.41. The lowest BCUT2D eigenvalue weighted by molar-refractivity contribution is -0.134. The Morgan fingerprint density at radius 3 is 2.56 bits per heavy atom. The van der Waals surface area contributed by atoms with Gasteiger partial charge in [0.15, 0.2) is 0 Å². The molecule has 0 spiro atoms. The number of carbonyl (C=O) groups is 1. The second-order valence-electron chi connectivity index (χ2n) is 4.95. The molecular formula is C12H21N3O.